The van der Waals surface area contributed by atoms with E-state index in [-0.39, 0.29) is 0 Å². The van der Waals surface area contributed by atoms with Gasteiger partial charge >= 0.3 is 137 Å². The second-order valence-electron chi connectivity index (χ2n) is 5.30. The first-order valence-corrected chi connectivity index (χ1v) is 9.39. The number of piperazine rings is 1. The van der Waals surface area contributed by atoms with Gasteiger partial charge in [-0.3, -0.25) is 0 Å². The standard InChI is InChI=1S/C15H20N6Se/c1-20-7-9-21(10-8-20)15-18-13(17-14(16)19-15)11-22-12-5-3-2-4-6-12/h2-6H,7-11H2,1H3,(H2,16,17,18,19). The average Bonchev–Trinajstić information content (AvgIpc) is 2.54. The Morgan fingerprint density at radius 1 is 1.05 bits per heavy atom. The molecule has 1 aromatic carbocycles. The van der Waals surface area contributed by atoms with E-state index in [1.165, 1.54) is 4.46 Å². The number of nitrogens with zero attached hydrogens (tertiary/aromatic N) is 5. The van der Waals surface area contributed by atoms with E-state index in [0.717, 1.165) is 43.3 Å². The van der Waals surface area contributed by atoms with E-state index < -0.39 is 0 Å². The van der Waals surface area contributed by atoms with Gasteiger partial charge < -0.3 is 0 Å². The van der Waals surface area contributed by atoms with Gasteiger partial charge in [0.1, 0.15) is 0 Å². The van der Waals surface area contributed by atoms with Gasteiger partial charge in [-0.25, -0.2) is 0 Å². The molecule has 2 heterocycles. The second-order valence-corrected chi connectivity index (χ2v) is 7.50. The van der Waals surface area contributed by atoms with Crippen molar-refractivity contribution in [1.82, 2.24) is 19.9 Å². The summed E-state index contributed by atoms with van der Waals surface area (Å²) in [6.07, 6.45) is 0. The predicted molar refractivity (Wildman–Crippen MR) is 89.5 cm³/mol. The molecule has 0 radical (unpaired) electrons. The van der Waals surface area contributed by atoms with Gasteiger partial charge in [-0.05, 0) is 0 Å². The number of hydrogen-bond acceptors (Lipinski definition) is 6. The second kappa shape index (κ2) is 7.05. The molecule has 2 aromatic rings. The molecule has 0 unspecified atom stereocenters. The molecule has 0 saturated carbocycles. The molecular weight excluding hydrogens is 343 g/mol. The van der Waals surface area contributed by atoms with Crippen LogP contribution in [0.5, 0.6) is 0 Å². The van der Waals surface area contributed by atoms with Crippen LogP contribution in [0.15, 0.2) is 30.3 Å². The zero-order valence-electron chi connectivity index (χ0n) is 12.6. The summed E-state index contributed by atoms with van der Waals surface area (Å²) >= 11 is 0.314. The Bertz CT molecular complexity index is 613. The Morgan fingerprint density at radius 3 is 2.50 bits per heavy atom. The van der Waals surface area contributed by atoms with Crippen LogP contribution in [-0.2, 0) is 5.32 Å². The molecule has 3 rings (SSSR count). The van der Waals surface area contributed by atoms with Crippen molar-refractivity contribution in [2.24, 2.45) is 0 Å². The fraction of sp³-hybridized carbons (Fsp3) is 0.400. The molecule has 0 aliphatic carbocycles. The van der Waals surface area contributed by atoms with Crippen molar-refractivity contribution in [3.63, 3.8) is 0 Å². The molecule has 1 fully saturated rings. The SMILES string of the molecule is CN1CCN(c2nc(N)nc(C[Se]c3ccccc3)n2)CC1. The van der Waals surface area contributed by atoms with Gasteiger partial charge in [0.25, 0.3) is 0 Å². The molecule has 1 aliphatic rings. The fourth-order valence-corrected chi connectivity index (χ4v) is 3.93. The van der Waals surface area contributed by atoms with Crippen molar-refractivity contribution in [3.05, 3.63) is 36.2 Å². The Hall–Kier alpha value is -1.69. The van der Waals surface area contributed by atoms with Gasteiger partial charge in [-0.15, -0.1) is 0 Å². The van der Waals surface area contributed by atoms with Crippen molar-refractivity contribution in [1.29, 1.82) is 0 Å². The monoisotopic (exact) mass is 364 g/mol. The summed E-state index contributed by atoms with van der Waals surface area (Å²) in [4.78, 5) is 17.7. The van der Waals surface area contributed by atoms with Gasteiger partial charge in [0.05, 0.1) is 0 Å². The summed E-state index contributed by atoms with van der Waals surface area (Å²) in [5.74, 6) is 1.84. The Kier molecular flexibility index (Phi) is 4.87. The molecule has 0 atom stereocenters. The predicted octanol–water partition coefficient (Wildman–Crippen LogP) is -0.265. The summed E-state index contributed by atoms with van der Waals surface area (Å²) in [5.41, 5.74) is 5.87. The first-order valence-electron chi connectivity index (χ1n) is 7.32. The third-order valence-electron chi connectivity index (χ3n) is 3.58. The van der Waals surface area contributed by atoms with Crippen molar-refractivity contribution in [2.45, 2.75) is 5.32 Å². The van der Waals surface area contributed by atoms with Crippen LogP contribution in [0.1, 0.15) is 5.82 Å². The van der Waals surface area contributed by atoms with Crippen LogP contribution >= 0.6 is 0 Å². The topological polar surface area (TPSA) is 71.2 Å². The molecule has 116 valence electrons. The first-order chi connectivity index (χ1) is 10.7. The van der Waals surface area contributed by atoms with E-state index in [2.05, 4.69) is 56.1 Å². The van der Waals surface area contributed by atoms with Crippen LogP contribution in [0.2, 0.25) is 0 Å². The number of likely N-dealkylation sites (N-methyl/N-ethyl adjacent to an activating group) is 1. The van der Waals surface area contributed by atoms with Crippen molar-refractivity contribution >= 4 is 31.3 Å². The van der Waals surface area contributed by atoms with Gasteiger partial charge in [0, 0.05) is 0 Å². The fourth-order valence-electron chi connectivity index (χ4n) is 2.30. The maximum absolute atomic E-state index is 5.87. The first kappa shape index (κ1) is 15.2. The molecule has 0 bridgehead atoms. The number of aromatic nitrogens is 3. The number of anilines is 2. The molecule has 2 N–H and O–H groups in total. The average molecular weight is 363 g/mol. The normalized spacial score (nSPS) is 16.0. The van der Waals surface area contributed by atoms with Crippen LogP contribution in [0.4, 0.5) is 11.9 Å². The number of hydrogen-bond donors (Lipinski definition) is 1. The molecule has 22 heavy (non-hydrogen) atoms. The van der Waals surface area contributed by atoms with Gasteiger partial charge in [0.15, 0.2) is 0 Å². The van der Waals surface area contributed by atoms with E-state index in [9.17, 15) is 0 Å². The van der Waals surface area contributed by atoms with Gasteiger partial charge in [0.2, 0.25) is 0 Å². The quantitative estimate of drug-likeness (QED) is 0.755. The molecule has 0 amide bonds. The summed E-state index contributed by atoms with van der Waals surface area (Å²) < 4.78 is 1.34. The molecular formula is C15H20N6Se. The zero-order valence-corrected chi connectivity index (χ0v) is 14.4. The molecule has 1 aromatic heterocycles. The number of benzene rings is 1. The van der Waals surface area contributed by atoms with E-state index in [4.69, 9.17) is 5.73 Å². The molecule has 0 spiro atoms. The van der Waals surface area contributed by atoms with Crippen molar-refractivity contribution < 1.29 is 0 Å². The minimum absolute atomic E-state index is 0.314. The number of rotatable bonds is 4. The Balaban J connectivity index is 1.70. The summed E-state index contributed by atoms with van der Waals surface area (Å²) in [7, 11) is 2.13. The molecule has 7 heteroatoms. The Labute approximate surface area is 136 Å². The van der Waals surface area contributed by atoms with Crippen LogP contribution in [-0.4, -0.2) is 68.0 Å². The third kappa shape index (κ3) is 3.94. The molecule has 1 saturated heterocycles. The van der Waals surface area contributed by atoms with Crippen LogP contribution in [0.25, 0.3) is 0 Å². The van der Waals surface area contributed by atoms with Gasteiger partial charge in [-0.1, -0.05) is 0 Å². The summed E-state index contributed by atoms with van der Waals surface area (Å²) in [6, 6.07) is 10.5. The number of nitrogens with two attached hydrogens (primary N) is 1. The summed E-state index contributed by atoms with van der Waals surface area (Å²) in [5, 5.41) is 0.838. The minimum atomic E-state index is 0.314. The molecule has 6 nitrogen and oxygen atoms in total. The third-order valence-corrected chi connectivity index (χ3v) is 5.70. The Morgan fingerprint density at radius 2 is 1.77 bits per heavy atom. The van der Waals surface area contributed by atoms with Crippen LogP contribution < -0.4 is 15.1 Å². The van der Waals surface area contributed by atoms with Gasteiger partial charge in [-0.2, -0.15) is 0 Å². The van der Waals surface area contributed by atoms with Crippen LogP contribution in [0, 0.1) is 0 Å². The van der Waals surface area contributed by atoms with E-state index >= 15 is 0 Å². The van der Waals surface area contributed by atoms with E-state index in [0.29, 0.717) is 20.9 Å². The van der Waals surface area contributed by atoms with E-state index in [1.54, 1.807) is 0 Å². The summed E-state index contributed by atoms with van der Waals surface area (Å²) in [6.45, 7) is 3.91. The van der Waals surface area contributed by atoms with E-state index in [1.807, 2.05) is 6.07 Å². The number of nitrogen functional groups attached to an aromatic ring is 1. The molecule has 1 aliphatic heterocycles. The van der Waals surface area contributed by atoms with Crippen molar-refractivity contribution in [2.75, 3.05) is 43.9 Å². The van der Waals surface area contributed by atoms with Crippen LogP contribution in [0.3, 0.4) is 0 Å². The maximum atomic E-state index is 5.87. The van der Waals surface area contributed by atoms with Crippen molar-refractivity contribution in [3.8, 4) is 0 Å². The zero-order chi connectivity index (χ0) is 15.4.